The molecule has 114 valence electrons. The van der Waals surface area contributed by atoms with E-state index in [2.05, 4.69) is 26.4 Å². The van der Waals surface area contributed by atoms with Crippen molar-refractivity contribution in [2.75, 3.05) is 6.26 Å². The molecule has 0 atom stereocenters. The Kier molecular flexibility index (Phi) is 7.68. The summed E-state index contributed by atoms with van der Waals surface area (Å²) in [7, 11) is 0. The van der Waals surface area contributed by atoms with Crippen LogP contribution in [0.2, 0.25) is 0 Å². The Morgan fingerprint density at radius 1 is 1.15 bits per heavy atom. The molecule has 0 bridgehead atoms. The van der Waals surface area contributed by atoms with Crippen LogP contribution < -0.4 is 16.2 Å². The summed E-state index contributed by atoms with van der Waals surface area (Å²) < 4.78 is 0.649. The van der Waals surface area contributed by atoms with E-state index in [0.717, 1.165) is 25.7 Å². The van der Waals surface area contributed by atoms with Crippen LogP contribution in [0.3, 0.4) is 0 Å². The van der Waals surface area contributed by atoms with Crippen LogP contribution in [0, 0.1) is 0 Å². The molecule has 0 radical (unpaired) electrons. The van der Waals surface area contributed by atoms with E-state index in [0.29, 0.717) is 9.43 Å². The molecule has 1 rings (SSSR count). The lowest BCUT2D eigenvalue weighted by atomic mass is 9.90. The lowest BCUT2D eigenvalue weighted by molar-refractivity contribution is 0.260. The largest absolute Gasteiger partial charge is 0.336 e. The summed E-state index contributed by atoms with van der Waals surface area (Å²) in [6, 6.07) is 0.194. The van der Waals surface area contributed by atoms with Gasteiger partial charge in [0.2, 0.25) is 0 Å². The van der Waals surface area contributed by atoms with Crippen LogP contribution >= 0.6 is 36.2 Å². The molecule has 3 N–H and O–H groups in total. The van der Waals surface area contributed by atoms with Crippen molar-refractivity contribution in [2.45, 2.75) is 57.7 Å². The first kappa shape index (κ1) is 17.6. The summed E-state index contributed by atoms with van der Waals surface area (Å²) in [6.07, 6.45) is 7.35. The molecule has 5 nitrogen and oxygen atoms in total. The predicted octanol–water partition coefficient (Wildman–Crippen LogP) is 3.12. The van der Waals surface area contributed by atoms with Gasteiger partial charge in [-0.2, -0.15) is 10.2 Å². The van der Waals surface area contributed by atoms with Gasteiger partial charge in [0.15, 0.2) is 15.1 Å². The minimum absolute atomic E-state index is 0.194. The van der Waals surface area contributed by atoms with Crippen molar-refractivity contribution in [2.24, 2.45) is 10.2 Å². The highest BCUT2D eigenvalue weighted by Crippen LogP contribution is 2.29. The lowest BCUT2D eigenvalue weighted by Crippen LogP contribution is -2.55. The van der Waals surface area contributed by atoms with E-state index in [9.17, 15) is 0 Å². The first-order valence-corrected chi connectivity index (χ1v) is 8.86. The average Bonchev–Trinajstić information content (AvgIpc) is 2.43. The van der Waals surface area contributed by atoms with Crippen molar-refractivity contribution in [3.63, 3.8) is 0 Å². The highest BCUT2D eigenvalue weighted by molar-refractivity contribution is 8.22. The molecule has 1 saturated carbocycles. The molecule has 0 aromatic rings. The fourth-order valence-corrected chi connectivity index (χ4v) is 2.46. The standard InChI is InChI=1S/C12H23N5S3/c1-9(2)14-17-12(7-5-4-6-8-12)13-10(18)15-16-11(19)20-3/h9H,4-8H2,1-3H3,(H,16,19)(H2,13,15,18)/b17-14+. The van der Waals surface area contributed by atoms with Crippen molar-refractivity contribution in [1.82, 2.24) is 16.2 Å². The van der Waals surface area contributed by atoms with Gasteiger partial charge in [0.25, 0.3) is 0 Å². The van der Waals surface area contributed by atoms with Crippen molar-refractivity contribution in [3.8, 4) is 0 Å². The number of rotatable bonds is 3. The summed E-state index contributed by atoms with van der Waals surface area (Å²) in [6.45, 7) is 4.05. The van der Waals surface area contributed by atoms with Gasteiger partial charge in [0, 0.05) is 0 Å². The molecule has 8 heteroatoms. The number of thioether (sulfide) groups is 1. The lowest BCUT2D eigenvalue weighted by Gasteiger charge is -2.34. The van der Waals surface area contributed by atoms with Gasteiger partial charge in [-0.25, -0.2) is 0 Å². The number of azo groups is 1. The van der Waals surface area contributed by atoms with Crippen LogP contribution in [0.15, 0.2) is 10.2 Å². The van der Waals surface area contributed by atoms with E-state index in [1.54, 1.807) is 0 Å². The van der Waals surface area contributed by atoms with Crippen LogP contribution in [0.4, 0.5) is 0 Å². The van der Waals surface area contributed by atoms with Crippen molar-refractivity contribution < 1.29 is 0 Å². The minimum atomic E-state index is -0.366. The van der Waals surface area contributed by atoms with Gasteiger partial charge in [0.1, 0.15) is 0 Å². The van der Waals surface area contributed by atoms with E-state index in [1.807, 2.05) is 20.1 Å². The van der Waals surface area contributed by atoms with E-state index in [4.69, 9.17) is 24.4 Å². The number of hydrazine groups is 1. The molecule has 0 aromatic heterocycles. The van der Waals surface area contributed by atoms with Crippen molar-refractivity contribution in [3.05, 3.63) is 0 Å². The highest BCUT2D eigenvalue weighted by atomic mass is 32.2. The molecular weight excluding hydrogens is 310 g/mol. The second kappa shape index (κ2) is 8.74. The molecule has 20 heavy (non-hydrogen) atoms. The molecule has 0 spiro atoms. The van der Waals surface area contributed by atoms with Gasteiger partial charge in [-0.1, -0.05) is 30.4 Å². The fourth-order valence-electron chi connectivity index (χ4n) is 2.01. The maximum atomic E-state index is 5.30. The van der Waals surface area contributed by atoms with E-state index in [1.165, 1.54) is 18.2 Å². The molecular formula is C12H23N5S3. The Morgan fingerprint density at radius 2 is 1.80 bits per heavy atom. The van der Waals surface area contributed by atoms with Gasteiger partial charge in [-0.15, -0.1) is 0 Å². The Bertz CT molecular complexity index is 364. The van der Waals surface area contributed by atoms with Gasteiger partial charge < -0.3 is 5.32 Å². The summed E-state index contributed by atoms with van der Waals surface area (Å²) >= 11 is 11.8. The quantitative estimate of drug-likeness (QED) is 0.419. The summed E-state index contributed by atoms with van der Waals surface area (Å²) in [5, 5.41) is 12.6. The van der Waals surface area contributed by atoms with Crippen LogP contribution in [0.5, 0.6) is 0 Å². The van der Waals surface area contributed by atoms with Gasteiger partial charge in [-0.05, 0) is 58.0 Å². The first-order chi connectivity index (χ1) is 9.47. The van der Waals surface area contributed by atoms with Crippen molar-refractivity contribution in [1.29, 1.82) is 0 Å². The zero-order valence-corrected chi connectivity index (χ0v) is 14.7. The fraction of sp³-hybridized carbons (Fsp3) is 0.833. The zero-order chi connectivity index (χ0) is 15.0. The molecule has 0 amide bonds. The number of nitrogens with one attached hydrogen (secondary N) is 3. The summed E-state index contributed by atoms with van der Waals surface area (Å²) in [4.78, 5) is 0. The second-order valence-electron chi connectivity index (χ2n) is 5.10. The first-order valence-electron chi connectivity index (χ1n) is 6.81. The zero-order valence-electron chi connectivity index (χ0n) is 12.2. The monoisotopic (exact) mass is 333 g/mol. The van der Waals surface area contributed by atoms with Crippen LogP contribution in [-0.4, -0.2) is 27.4 Å². The van der Waals surface area contributed by atoms with Crippen molar-refractivity contribution >= 4 is 45.6 Å². The van der Waals surface area contributed by atoms with E-state index < -0.39 is 0 Å². The van der Waals surface area contributed by atoms with Gasteiger partial charge >= 0.3 is 0 Å². The molecule has 0 heterocycles. The number of hydrogen-bond acceptors (Lipinski definition) is 5. The van der Waals surface area contributed by atoms with Gasteiger partial charge in [-0.3, -0.25) is 10.9 Å². The number of hydrogen-bond donors (Lipinski definition) is 3. The molecule has 0 aromatic carbocycles. The molecule has 0 saturated heterocycles. The third kappa shape index (κ3) is 6.32. The number of thiocarbonyl (C=S) groups is 2. The average molecular weight is 334 g/mol. The Labute approximate surface area is 136 Å². The topological polar surface area (TPSA) is 60.8 Å². The number of nitrogens with zero attached hydrogens (tertiary/aromatic N) is 2. The molecule has 1 aliphatic carbocycles. The third-order valence-electron chi connectivity index (χ3n) is 2.97. The molecule has 0 unspecified atom stereocenters. The van der Waals surface area contributed by atoms with E-state index in [-0.39, 0.29) is 11.7 Å². The summed E-state index contributed by atoms with van der Waals surface area (Å²) in [5.41, 5.74) is 5.41. The SMILES string of the molecule is CSC(=S)NNC(=S)NC1(/N=N/C(C)C)CCCCC1. The van der Waals surface area contributed by atoms with Crippen LogP contribution in [0.25, 0.3) is 0 Å². The smallest absolute Gasteiger partial charge is 0.187 e. The highest BCUT2D eigenvalue weighted by Gasteiger charge is 2.32. The normalized spacial score (nSPS) is 18.0. The molecule has 1 aliphatic rings. The Hall–Kier alpha value is -0.470. The Balaban J connectivity index is 2.60. The second-order valence-corrected chi connectivity index (χ2v) is 6.99. The molecule has 1 fully saturated rings. The van der Waals surface area contributed by atoms with E-state index >= 15 is 0 Å². The molecule has 0 aliphatic heterocycles. The van der Waals surface area contributed by atoms with Crippen LogP contribution in [-0.2, 0) is 0 Å². The maximum Gasteiger partial charge on any atom is 0.187 e. The predicted molar refractivity (Wildman–Crippen MR) is 93.9 cm³/mol. The minimum Gasteiger partial charge on any atom is -0.336 e. The third-order valence-corrected chi connectivity index (χ3v) is 4.25. The Morgan fingerprint density at radius 3 is 2.35 bits per heavy atom. The summed E-state index contributed by atoms with van der Waals surface area (Å²) in [5.74, 6) is 0. The maximum absolute atomic E-state index is 5.30. The van der Waals surface area contributed by atoms with Crippen LogP contribution in [0.1, 0.15) is 46.0 Å². The van der Waals surface area contributed by atoms with Gasteiger partial charge in [0.05, 0.1) is 6.04 Å².